The molecule has 7 heteroatoms. The van der Waals surface area contributed by atoms with Crippen molar-refractivity contribution in [3.63, 3.8) is 0 Å². The van der Waals surface area contributed by atoms with Crippen molar-refractivity contribution in [1.82, 2.24) is 19.3 Å². The van der Waals surface area contributed by atoms with Gasteiger partial charge in [-0.25, -0.2) is 0 Å². The minimum absolute atomic E-state index is 0.0270. The quantitative estimate of drug-likeness (QED) is 0.463. The van der Waals surface area contributed by atoms with E-state index >= 15 is 0 Å². The Morgan fingerprint density at radius 2 is 1.85 bits per heavy atom. The van der Waals surface area contributed by atoms with Crippen LogP contribution in [-0.2, 0) is 13.6 Å². The fourth-order valence-corrected chi connectivity index (χ4v) is 4.41. The van der Waals surface area contributed by atoms with Crippen LogP contribution in [-0.4, -0.2) is 25.1 Å². The van der Waals surface area contributed by atoms with Gasteiger partial charge in [-0.15, -0.1) is 10.2 Å². The highest BCUT2D eigenvalue weighted by Crippen LogP contribution is 2.20. The zero-order valence-corrected chi connectivity index (χ0v) is 16.4. The molecule has 0 bridgehead atoms. The molecule has 0 radical (unpaired) electrons. The second-order valence-electron chi connectivity index (χ2n) is 6.00. The Kier molecular flexibility index (Phi) is 5.22. The average molecular weight is 395 g/mol. The zero-order chi connectivity index (χ0) is 18.6. The van der Waals surface area contributed by atoms with E-state index < -0.39 is 0 Å². The molecular formula is C20H18N4OS2. The molecule has 0 fully saturated rings. The lowest BCUT2D eigenvalue weighted by atomic mass is 10.2. The third kappa shape index (κ3) is 3.89. The molecule has 2 aromatic carbocycles. The van der Waals surface area contributed by atoms with Crippen molar-refractivity contribution in [2.75, 3.05) is 5.75 Å². The van der Waals surface area contributed by atoms with Crippen LogP contribution in [0.5, 0.6) is 0 Å². The fourth-order valence-electron chi connectivity index (χ4n) is 2.78. The molecule has 0 saturated heterocycles. The maximum atomic E-state index is 12.3. The molecule has 0 aliphatic heterocycles. The number of hydrogen-bond acceptors (Lipinski definition) is 5. The first-order valence-corrected chi connectivity index (χ1v) is 10.3. The van der Waals surface area contributed by atoms with E-state index in [0.717, 1.165) is 27.0 Å². The molecule has 4 rings (SSSR count). The average Bonchev–Trinajstić information content (AvgIpc) is 3.20. The van der Waals surface area contributed by atoms with Crippen molar-refractivity contribution in [2.45, 2.75) is 11.7 Å². The van der Waals surface area contributed by atoms with Gasteiger partial charge in [0.1, 0.15) is 0 Å². The molecule has 0 amide bonds. The smallest absolute Gasteiger partial charge is 0.308 e. The van der Waals surface area contributed by atoms with E-state index in [9.17, 15) is 4.79 Å². The van der Waals surface area contributed by atoms with Crippen LogP contribution in [0.4, 0.5) is 0 Å². The standard InChI is InChI=1S/C20H18N4OS2/c1-23-18(14-24-16-11-5-6-12-17(16)27-20(24)25)21-22-19(23)26-13-7-10-15-8-3-2-4-9-15/h2-12H,13-14H2,1H3. The van der Waals surface area contributed by atoms with E-state index in [1.165, 1.54) is 16.9 Å². The summed E-state index contributed by atoms with van der Waals surface area (Å²) in [6, 6.07) is 18.0. The lowest BCUT2D eigenvalue weighted by molar-refractivity contribution is 0.682. The topological polar surface area (TPSA) is 52.7 Å². The van der Waals surface area contributed by atoms with Gasteiger partial charge in [-0.05, 0) is 17.7 Å². The highest BCUT2D eigenvalue weighted by molar-refractivity contribution is 7.99. The number of nitrogens with zero attached hydrogens (tertiary/aromatic N) is 4. The number of thiazole rings is 1. The first-order chi connectivity index (χ1) is 13.2. The van der Waals surface area contributed by atoms with E-state index in [4.69, 9.17) is 0 Å². The predicted octanol–water partition coefficient (Wildman–Crippen LogP) is 4.05. The van der Waals surface area contributed by atoms with Crippen molar-refractivity contribution in [2.24, 2.45) is 7.05 Å². The van der Waals surface area contributed by atoms with Gasteiger partial charge in [0.15, 0.2) is 11.0 Å². The number of thioether (sulfide) groups is 1. The molecule has 0 N–H and O–H groups in total. The Bertz CT molecular complexity index is 1140. The molecule has 136 valence electrons. The molecule has 5 nitrogen and oxygen atoms in total. The molecular weight excluding hydrogens is 376 g/mol. The summed E-state index contributed by atoms with van der Waals surface area (Å²) in [5, 5.41) is 9.41. The van der Waals surface area contributed by atoms with Gasteiger partial charge in [0.05, 0.1) is 16.8 Å². The maximum absolute atomic E-state index is 12.3. The van der Waals surface area contributed by atoms with Crippen LogP contribution in [0.2, 0.25) is 0 Å². The van der Waals surface area contributed by atoms with Crippen LogP contribution >= 0.6 is 23.1 Å². The van der Waals surface area contributed by atoms with Gasteiger partial charge in [-0.1, -0.05) is 77.7 Å². The van der Waals surface area contributed by atoms with Crippen molar-refractivity contribution >= 4 is 39.4 Å². The van der Waals surface area contributed by atoms with Crippen LogP contribution in [0.15, 0.2) is 70.6 Å². The summed E-state index contributed by atoms with van der Waals surface area (Å²) >= 11 is 2.89. The Hall–Kier alpha value is -2.64. The Morgan fingerprint density at radius 3 is 2.70 bits per heavy atom. The van der Waals surface area contributed by atoms with Gasteiger partial charge in [-0.2, -0.15) is 0 Å². The van der Waals surface area contributed by atoms with Crippen molar-refractivity contribution in [3.8, 4) is 0 Å². The zero-order valence-electron chi connectivity index (χ0n) is 14.8. The summed E-state index contributed by atoms with van der Waals surface area (Å²) < 4.78 is 4.71. The largest absolute Gasteiger partial charge is 0.308 e. The number of para-hydroxylation sites is 1. The Morgan fingerprint density at radius 1 is 1.07 bits per heavy atom. The van der Waals surface area contributed by atoms with Crippen molar-refractivity contribution in [1.29, 1.82) is 0 Å². The molecule has 2 aromatic heterocycles. The monoisotopic (exact) mass is 394 g/mol. The third-order valence-corrected chi connectivity index (χ3v) is 6.15. The minimum atomic E-state index is 0.0270. The van der Waals surface area contributed by atoms with E-state index in [-0.39, 0.29) is 4.87 Å². The molecule has 27 heavy (non-hydrogen) atoms. The number of benzene rings is 2. The first-order valence-electron chi connectivity index (χ1n) is 8.53. The van der Waals surface area contributed by atoms with Crippen LogP contribution in [0.25, 0.3) is 16.3 Å². The summed E-state index contributed by atoms with van der Waals surface area (Å²) in [4.78, 5) is 12.3. The summed E-state index contributed by atoms with van der Waals surface area (Å²) in [6.45, 7) is 0.423. The van der Waals surface area contributed by atoms with Crippen molar-refractivity contribution < 1.29 is 0 Å². The molecule has 0 aliphatic carbocycles. The lowest BCUT2D eigenvalue weighted by Gasteiger charge is -2.04. The molecule has 2 heterocycles. The highest BCUT2D eigenvalue weighted by Gasteiger charge is 2.13. The van der Waals surface area contributed by atoms with Gasteiger partial charge in [0, 0.05) is 12.8 Å². The summed E-state index contributed by atoms with van der Waals surface area (Å²) in [7, 11) is 1.94. The predicted molar refractivity (Wildman–Crippen MR) is 112 cm³/mol. The SMILES string of the molecule is Cn1c(Cn2c(=O)sc3ccccc32)nnc1SCC=Cc1ccccc1. The minimum Gasteiger partial charge on any atom is -0.308 e. The van der Waals surface area contributed by atoms with Gasteiger partial charge in [0.25, 0.3) is 0 Å². The van der Waals surface area contributed by atoms with Gasteiger partial charge in [0.2, 0.25) is 0 Å². The van der Waals surface area contributed by atoms with Crippen molar-refractivity contribution in [3.05, 3.63) is 81.7 Å². The number of fused-ring (bicyclic) bond motifs is 1. The normalized spacial score (nSPS) is 11.6. The first kappa shape index (κ1) is 17.8. The number of rotatable bonds is 6. The molecule has 0 atom stereocenters. The second-order valence-corrected chi connectivity index (χ2v) is 7.98. The Balaban J connectivity index is 1.47. The van der Waals surface area contributed by atoms with E-state index in [2.05, 4.69) is 34.5 Å². The Labute approximate surface area is 165 Å². The van der Waals surface area contributed by atoms with Crippen LogP contribution in [0, 0.1) is 0 Å². The van der Waals surface area contributed by atoms with E-state index in [1.54, 1.807) is 16.3 Å². The van der Waals surface area contributed by atoms with Crippen LogP contribution < -0.4 is 4.87 Å². The molecule has 0 saturated carbocycles. The summed E-state index contributed by atoms with van der Waals surface area (Å²) in [5.74, 6) is 1.58. The lowest BCUT2D eigenvalue weighted by Crippen LogP contribution is -2.16. The number of hydrogen-bond donors (Lipinski definition) is 0. The third-order valence-electron chi connectivity index (χ3n) is 4.22. The fraction of sp³-hybridized carbons (Fsp3) is 0.150. The van der Waals surface area contributed by atoms with Crippen LogP contribution in [0.1, 0.15) is 11.4 Å². The van der Waals surface area contributed by atoms with Gasteiger partial charge >= 0.3 is 4.87 Å². The van der Waals surface area contributed by atoms with Gasteiger partial charge in [-0.3, -0.25) is 9.36 Å². The molecule has 0 spiro atoms. The van der Waals surface area contributed by atoms with Crippen LogP contribution in [0.3, 0.4) is 0 Å². The molecule has 0 aliphatic rings. The summed E-state index contributed by atoms with van der Waals surface area (Å²) in [6.07, 6.45) is 4.21. The second kappa shape index (κ2) is 7.94. The number of aromatic nitrogens is 4. The van der Waals surface area contributed by atoms with Gasteiger partial charge < -0.3 is 4.57 Å². The summed E-state index contributed by atoms with van der Waals surface area (Å²) in [5.41, 5.74) is 2.12. The maximum Gasteiger partial charge on any atom is 0.308 e. The van der Waals surface area contributed by atoms with E-state index in [1.807, 2.05) is 54.1 Å². The highest BCUT2D eigenvalue weighted by atomic mass is 32.2. The molecule has 0 unspecified atom stereocenters. The molecule has 4 aromatic rings. The van der Waals surface area contributed by atoms with E-state index in [0.29, 0.717) is 6.54 Å².